The van der Waals surface area contributed by atoms with Gasteiger partial charge < -0.3 is 9.47 Å². The molecule has 0 unspecified atom stereocenters. The van der Waals surface area contributed by atoms with Crippen LogP contribution in [0.3, 0.4) is 0 Å². The number of hydrogen-bond acceptors (Lipinski definition) is 2. The van der Waals surface area contributed by atoms with Crippen molar-refractivity contribution in [2.75, 3.05) is 0 Å². The van der Waals surface area contributed by atoms with Gasteiger partial charge in [0.1, 0.15) is 18.1 Å². The van der Waals surface area contributed by atoms with Gasteiger partial charge in [-0.15, -0.1) is 13.2 Å². The molecule has 0 atom stereocenters. The Hall–Kier alpha value is -1.44. The van der Waals surface area contributed by atoms with Gasteiger partial charge in [0.25, 0.3) is 0 Å². The Morgan fingerprint density at radius 3 is 2.35 bits per heavy atom. The Balaban J connectivity index is 2.09. The highest BCUT2D eigenvalue weighted by Gasteiger charge is 2.31. The van der Waals surface area contributed by atoms with Crippen LogP contribution in [-0.2, 0) is 6.61 Å². The van der Waals surface area contributed by atoms with Gasteiger partial charge in [0.2, 0.25) is 0 Å². The van der Waals surface area contributed by atoms with Crippen LogP contribution < -0.4 is 9.47 Å². The molecule has 0 aliphatic rings. The zero-order valence-electron chi connectivity index (χ0n) is 10.2. The summed E-state index contributed by atoms with van der Waals surface area (Å²) in [6.07, 6.45) is -4.70. The highest BCUT2D eigenvalue weighted by molar-refractivity contribution is 14.1. The predicted molar refractivity (Wildman–Crippen MR) is 76.6 cm³/mol. The van der Waals surface area contributed by atoms with Crippen LogP contribution in [-0.4, -0.2) is 6.36 Å². The lowest BCUT2D eigenvalue weighted by atomic mass is 10.2. The van der Waals surface area contributed by atoms with Crippen LogP contribution in [0, 0.1) is 3.57 Å². The van der Waals surface area contributed by atoms with Gasteiger partial charge in [-0.2, -0.15) is 0 Å². The number of hydrogen-bond donors (Lipinski definition) is 0. The number of benzene rings is 2. The molecule has 0 saturated carbocycles. The van der Waals surface area contributed by atoms with Crippen molar-refractivity contribution in [2.24, 2.45) is 0 Å². The van der Waals surface area contributed by atoms with Crippen molar-refractivity contribution in [2.45, 2.75) is 13.0 Å². The van der Waals surface area contributed by atoms with E-state index in [1.54, 1.807) is 0 Å². The second kappa shape index (κ2) is 6.34. The zero-order valence-corrected chi connectivity index (χ0v) is 12.3. The van der Waals surface area contributed by atoms with Crippen molar-refractivity contribution in [3.63, 3.8) is 0 Å². The summed E-state index contributed by atoms with van der Waals surface area (Å²) in [6, 6.07) is 13.4. The van der Waals surface area contributed by atoms with E-state index in [1.807, 2.05) is 52.9 Å². The van der Waals surface area contributed by atoms with Crippen molar-refractivity contribution in [1.29, 1.82) is 0 Å². The summed E-state index contributed by atoms with van der Waals surface area (Å²) in [5.74, 6) is 0.0668. The van der Waals surface area contributed by atoms with Crippen molar-refractivity contribution in [3.05, 3.63) is 57.7 Å². The van der Waals surface area contributed by atoms with Crippen LogP contribution >= 0.6 is 22.6 Å². The molecule has 0 aliphatic carbocycles. The predicted octanol–water partition coefficient (Wildman–Crippen LogP) is 4.77. The van der Waals surface area contributed by atoms with Crippen LogP contribution in [0.4, 0.5) is 13.2 Å². The summed E-state index contributed by atoms with van der Waals surface area (Å²) < 4.78 is 46.6. The van der Waals surface area contributed by atoms with Gasteiger partial charge in [-0.1, -0.05) is 30.3 Å². The third kappa shape index (κ3) is 4.59. The molecule has 0 heterocycles. The monoisotopic (exact) mass is 394 g/mol. The lowest BCUT2D eigenvalue weighted by Crippen LogP contribution is -2.17. The molecule has 106 valence electrons. The molecule has 6 heteroatoms. The maximum atomic E-state index is 12.2. The third-order valence-electron chi connectivity index (χ3n) is 2.37. The first-order valence-corrected chi connectivity index (χ1v) is 6.74. The quantitative estimate of drug-likeness (QED) is 0.696. The van der Waals surface area contributed by atoms with E-state index in [9.17, 15) is 13.2 Å². The van der Waals surface area contributed by atoms with Gasteiger partial charge in [0.15, 0.2) is 0 Å². The Bertz CT molecular complexity index is 570. The minimum atomic E-state index is -4.70. The molecule has 0 N–H and O–H groups in total. The van der Waals surface area contributed by atoms with Crippen molar-refractivity contribution in [1.82, 2.24) is 0 Å². The SMILES string of the molecule is FC(F)(F)Oc1ccc(I)c(OCc2ccccc2)c1. The number of alkyl halides is 3. The van der Waals surface area contributed by atoms with Gasteiger partial charge in [-0.05, 0) is 40.3 Å². The van der Waals surface area contributed by atoms with Gasteiger partial charge in [-0.25, -0.2) is 0 Å². The first-order chi connectivity index (χ1) is 9.44. The van der Waals surface area contributed by atoms with Crippen LogP contribution in [0.5, 0.6) is 11.5 Å². The molecule has 20 heavy (non-hydrogen) atoms. The van der Waals surface area contributed by atoms with E-state index in [2.05, 4.69) is 4.74 Å². The fourth-order valence-corrected chi connectivity index (χ4v) is 2.02. The summed E-state index contributed by atoms with van der Waals surface area (Å²) >= 11 is 2.00. The first kappa shape index (κ1) is 15.0. The number of halogens is 4. The molecule has 0 radical (unpaired) electrons. The van der Waals surface area contributed by atoms with E-state index in [4.69, 9.17) is 4.74 Å². The summed E-state index contributed by atoms with van der Waals surface area (Å²) in [7, 11) is 0. The number of ether oxygens (including phenoxy) is 2. The van der Waals surface area contributed by atoms with E-state index in [1.165, 1.54) is 18.2 Å². The molecule has 0 spiro atoms. The van der Waals surface area contributed by atoms with E-state index in [-0.39, 0.29) is 12.4 Å². The van der Waals surface area contributed by atoms with E-state index in [0.29, 0.717) is 9.32 Å². The summed E-state index contributed by atoms with van der Waals surface area (Å²) in [5.41, 5.74) is 0.936. The fraction of sp³-hybridized carbons (Fsp3) is 0.143. The van der Waals surface area contributed by atoms with E-state index >= 15 is 0 Å². The molecule has 0 fully saturated rings. The lowest BCUT2D eigenvalue weighted by Gasteiger charge is -2.12. The average Bonchev–Trinajstić information content (AvgIpc) is 2.39. The first-order valence-electron chi connectivity index (χ1n) is 5.66. The smallest absolute Gasteiger partial charge is 0.488 e. The van der Waals surface area contributed by atoms with Gasteiger partial charge in [0, 0.05) is 6.07 Å². The zero-order chi connectivity index (χ0) is 14.6. The summed E-state index contributed by atoms with van der Waals surface area (Å²) in [6.45, 7) is 0.284. The molecule has 0 amide bonds. The molecule has 0 aromatic heterocycles. The molecule has 2 aromatic rings. The molecule has 0 aliphatic heterocycles. The van der Waals surface area contributed by atoms with Gasteiger partial charge in [-0.3, -0.25) is 0 Å². The molecule has 2 nitrogen and oxygen atoms in total. The molecule has 2 aromatic carbocycles. The van der Waals surface area contributed by atoms with E-state index in [0.717, 1.165) is 5.56 Å². The van der Waals surface area contributed by atoms with Crippen molar-refractivity contribution < 1.29 is 22.6 Å². The Morgan fingerprint density at radius 1 is 1.00 bits per heavy atom. The summed E-state index contributed by atoms with van der Waals surface area (Å²) in [5, 5.41) is 0. The number of rotatable bonds is 4. The highest BCUT2D eigenvalue weighted by atomic mass is 127. The molecular formula is C14H10F3IO2. The second-order valence-electron chi connectivity index (χ2n) is 3.91. The van der Waals surface area contributed by atoms with Crippen molar-refractivity contribution in [3.8, 4) is 11.5 Å². The van der Waals surface area contributed by atoms with Gasteiger partial charge >= 0.3 is 6.36 Å². The summed E-state index contributed by atoms with van der Waals surface area (Å²) in [4.78, 5) is 0. The molecule has 0 bridgehead atoms. The second-order valence-corrected chi connectivity index (χ2v) is 5.08. The normalized spacial score (nSPS) is 11.2. The fourth-order valence-electron chi connectivity index (χ4n) is 1.53. The minimum absolute atomic E-state index is 0.284. The van der Waals surface area contributed by atoms with Crippen LogP contribution in [0.15, 0.2) is 48.5 Å². The Morgan fingerprint density at radius 2 is 1.70 bits per heavy atom. The third-order valence-corrected chi connectivity index (χ3v) is 3.26. The molecule has 0 saturated heterocycles. The molecular weight excluding hydrogens is 384 g/mol. The standard InChI is InChI=1S/C14H10F3IO2/c15-14(16,17)20-11-6-7-12(18)13(8-11)19-9-10-4-2-1-3-5-10/h1-8H,9H2. The lowest BCUT2D eigenvalue weighted by molar-refractivity contribution is -0.274. The van der Waals surface area contributed by atoms with Crippen LogP contribution in [0.2, 0.25) is 0 Å². The highest BCUT2D eigenvalue weighted by Crippen LogP contribution is 2.30. The van der Waals surface area contributed by atoms with E-state index < -0.39 is 6.36 Å². The maximum absolute atomic E-state index is 12.2. The van der Waals surface area contributed by atoms with Gasteiger partial charge in [0.05, 0.1) is 3.57 Å². The Labute approximate surface area is 127 Å². The van der Waals surface area contributed by atoms with Crippen molar-refractivity contribution >= 4 is 22.6 Å². The average molecular weight is 394 g/mol. The minimum Gasteiger partial charge on any atom is -0.488 e. The molecule has 2 rings (SSSR count). The maximum Gasteiger partial charge on any atom is 0.573 e. The van der Waals surface area contributed by atoms with Crippen LogP contribution in [0.1, 0.15) is 5.56 Å². The topological polar surface area (TPSA) is 18.5 Å². The largest absolute Gasteiger partial charge is 0.573 e. The van der Waals surface area contributed by atoms with Crippen LogP contribution in [0.25, 0.3) is 0 Å². The Kier molecular flexibility index (Phi) is 4.74.